The third-order valence-corrected chi connectivity index (χ3v) is 6.93. The summed E-state index contributed by atoms with van der Waals surface area (Å²) < 4.78 is 5.71. The van der Waals surface area contributed by atoms with E-state index in [4.69, 9.17) is 9.51 Å². The van der Waals surface area contributed by atoms with Gasteiger partial charge >= 0.3 is 0 Å². The zero-order valence-corrected chi connectivity index (χ0v) is 15.3. The quantitative estimate of drug-likeness (QED) is 0.812. The van der Waals surface area contributed by atoms with Crippen LogP contribution in [0.15, 0.2) is 4.52 Å². The molecular formula is C19H26N4O3. The highest BCUT2D eigenvalue weighted by atomic mass is 16.5. The van der Waals surface area contributed by atoms with E-state index >= 15 is 0 Å². The van der Waals surface area contributed by atoms with Gasteiger partial charge in [0.15, 0.2) is 5.82 Å². The molecule has 0 bridgehead atoms. The molecule has 0 radical (unpaired) electrons. The zero-order valence-electron chi connectivity index (χ0n) is 15.3. The van der Waals surface area contributed by atoms with E-state index in [1.54, 1.807) is 11.9 Å². The molecule has 0 spiro atoms. The summed E-state index contributed by atoms with van der Waals surface area (Å²) in [6.45, 7) is 1.96. The molecule has 2 amide bonds. The van der Waals surface area contributed by atoms with Gasteiger partial charge < -0.3 is 14.3 Å². The summed E-state index contributed by atoms with van der Waals surface area (Å²) in [4.78, 5) is 33.2. The number of aromatic nitrogens is 2. The normalized spacial score (nSPS) is 34.0. The molecule has 5 rings (SSSR count). The topological polar surface area (TPSA) is 79.5 Å². The second-order valence-corrected chi connectivity index (χ2v) is 8.80. The van der Waals surface area contributed by atoms with Gasteiger partial charge in [0.2, 0.25) is 17.7 Å². The molecule has 0 aromatic carbocycles. The van der Waals surface area contributed by atoms with Gasteiger partial charge in [-0.25, -0.2) is 0 Å². The Morgan fingerprint density at radius 1 is 1.31 bits per heavy atom. The van der Waals surface area contributed by atoms with Gasteiger partial charge in [-0.2, -0.15) is 4.98 Å². The first-order valence-electron chi connectivity index (χ1n) is 9.91. The Morgan fingerprint density at radius 2 is 2.15 bits per heavy atom. The molecule has 4 fully saturated rings. The number of rotatable bonds is 4. The van der Waals surface area contributed by atoms with Crippen LogP contribution < -0.4 is 0 Å². The van der Waals surface area contributed by atoms with E-state index in [9.17, 15) is 9.59 Å². The first-order valence-corrected chi connectivity index (χ1v) is 9.91. The molecule has 7 heteroatoms. The van der Waals surface area contributed by atoms with Crippen molar-refractivity contribution in [2.24, 2.45) is 17.8 Å². The molecule has 2 aliphatic heterocycles. The Kier molecular flexibility index (Phi) is 3.62. The van der Waals surface area contributed by atoms with E-state index < -0.39 is 0 Å². The third kappa shape index (κ3) is 2.55. The Morgan fingerprint density at radius 3 is 2.88 bits per heavy atom. The van der Waals surface area contributed by atoms with Crippen LogP contribution in [0.5, 0.6) is 0 Å². The fourth-order valence-corrected chi connectivity index (χ4v) is 5.21. The van der Waals surface area contributed by atoms with Crippen LogP contribution >= 0.6 is 0 Å². The van der Waals surface area contributed by atoms with E-state index in [1.807, 2.05) is 4.90 Å². The van der Waals surface area contributed by atoms with Gasteiger partial charge in [-0.3, -0.25) is 9.59 Å². The molecule has 3 atom stereocenters. The standard InChI is InChI=1S/C19H26N4O3/c1-22-9-13(8-16(22)24)17(25)23-10-14-3-2-6-19(14,11-23)18-20-15(21-26-18)7-12-4-5-12/h12-14H,2-11H2,1H3/t13?,14-,19-/m1/s1. The number of hydrogen-bond acceptors (Lipinski definition) is 5. The van der Waals surface area contributed by atoms with Crippen LogP contribution in [0.3, 0.4) is 0 Å². The van der Waals surface area contributed by atoms with Gasteiger partial charge in [0, 0.05) is 39.5 Å². The Hall–Kier alpha value is -1.92. The SMILES string of the molecule is CN1CC(C(=O)N2C[C@H]3CCC[C@@]3(c3nc(CC4CC4)no3)C2)CC1=O. The van der Waals surface area contributed by atoms with Crippen molar-refractivity contribution in [1.82, 2.24) is 19.9 Å². The number of carbonyl (C=O) groups excluding carboxylic acids is 2. The summed E-state index contributed by atoms with van der Waals surface area (Å²) in [5.74, 6) is 2.69. The minimum atomic E-state index is -0.198. The maximum Gasteiger partial charge on any atom is 0.235 e. The van der Waals surface area contributed by atoms with Crippen molar-refractivity contribution >= 4 is 11.8 Å². The molecule has 1 aromatic rings. The lowest BCUT2D eigenvalue weighted by Crippen LogP contribution is -2.38. The highest BCUT2D eigenvalue weighted by Gasteiger charge is 2.56. The van der Waals surface area contributed by atoms with Crippen LogP contribution in [-0.4, -0.2) is 58.4 Å². The predicted molar refractivity (Wildman–Crippen MR) is 92.1 cm³/mol. The molecule has 2 aliphatic carbocycles. The Bertz CT molecular complexity index is 743. The molecule has 4 aliphatic rings. The van der Waals surface area contributed by atoms with Crippen molar-refractivity contribution < 1.29 is 14.1 Å². The molecule has 26 heavy (non-hydrogen) atoms. The van der Waals surface area contributed by atoms with Crippen molar-refractivity contribution in [2.45, 2.75) is 50.4 Å². The summed E-state index contributed by atoms with van der Waals surface area (Å²) >= 11 is 0. The maximum absolute atomic E-state index is 13.0. The number of carbonyl (C=O) groups is 2. The first kappa shape index (κ1) is 16.3. The Balaban J connectivity index is 1.34. The smallest absolute Gasteiger partial charge is 0.235 e. The van der Waals surface area contributed by atoms with Gasteiger partial charge in [-0.15, -0.1) is 0 Å². The average molecular weight is 358 g/mol. The molecule has 7 nitrogen and oxygen atoms in total. The summed E-state index contributed by atoms with van der Waals surface area (Å²) in [6, 6.07) is 0. The second kappa shape index (κ2) is 5.79. The summed E-state index contributed by atoms with van der Waals surface area (Å²) in [7, 11) is 1.77. The average Bonchev–Trinajstić information content (AvgIpc) is 2.95. The van der Waals surface area contributed by atoms with Crippen LogP contribution in [0.1, 0.15) is 50.2 Å². The highest BCUT2D eigenvalue weighted by Crippen LogP contribution is 2.50. The maximum atomic E-state index is 13.0. The molecular weight excluding hydrogens is 332 g/mol. The van der Waals surface area contributed by atoms with Crippen LogP contribution in [0.2, 0.25) is 0 Å². The van der Waals surface area contributed by atoms with E-state index in [-0.39, 0.29) is 23.1 Å². The number of amides is 2. The predicted octanol–water partition coefficient (Wildman–Crippen LogP) is 1.38. The lowest BCUT2D eigenvalue weighted by atomic mass is 9.80. The lowest BCUT2D eigenvalue weighted by Gasteiger charge is -2.25. The summed E-state index contributed by atoms with van der Waals surface area (Å²) in [5.41, 5.74) is -0.168. The van der Waals surface area contributed by atoms with Crippen molar-refractivity contribution in [1.29, 1.82) is 0 Å². The van der Waals surface area contributed by atoms with E-state index in [0.29, 0.717) is 25.4 Å². The van der Waals surface area contributed by atoms with Crippen LogP contribution in [-0.2, 0) is 21.4 Å². The fraction of sp³-hybridized carbons (Fsp3) is 0.789. The van der Waals surface area contributed by atoms with Gasteiger partial charge in [0.05, 0.1) is 11.3 Å². The van der Waals surface area contributed by atoms with Crippen molar-refractivity contribution in [3.8, 4) is 0 Å². The number of fused-ring (bicyclic) bond motifs is 1. The summed E-state index contributed by atoms with van der Waals surface area (Å²) in [6.07, 6.45) is 7.07. The van der Waals surface area contributed by atoms with Gasteiger partial charge in [0.25, 0.3) is 0 Å². The molecule has 140 valence electrons. The van der Waals surface area contributed by atoms with Gasteiger partial charge in [0.1, 0.15) is 0 Å². The molecule has 0 N–H and O–H groups in total. The van der Waals surface area contributed by atoms with Gasteiger partial charge in [-0.1, -0.05) is 11.6 Å². The van der Waals surface area contributed by atoms with Crippen LogP contribution in [0.25, 0.3) is 0 Å². The van der Waals surface area contributed by atoms with Gasteiger partial charge in [-0.05, 0) is 37.5 Å². The molecule has 3 heterocycles. The van der Waals surface area contributed by atoms with Crippen LogP contribution in [0.4, 0.5) is 0 Å². The number of hydrogen-bond donors (Lipinski definition) is 0. The van der Waals surface area contributed by atoms with Crippen molar-refractivity contribution in [2.75, 3.05) is 26.7 Å². The minimum absolute atomic E-state index is 0.0686. The third-order valence-electron chi connectivity index (χ3n) is 6.93. The first-order chi connectivity index (χ1) is 12.5. The number of likely N-dealkylation sites (tertiary alicyclic amines) is 2. The largest absolute Gasteiger partial charge is 0.345 e. The Labute approximate surface area is 153 Å². The monoisotopic (exact) mass is 358 g/mol. The van der Waals surface area contributed by atoms with Crippen LogP contribution in [0, 0.1) is 17.8 Å². The molecule has 2 saturated carbocycles. The molecule has 1 unspecified atom stereocenters. The zero-order chi connectivity index (χ0) is 17.9. The van der Waals surface area contributed by atoms with E-state index in [2.05, 4.69) is 5.16 Å². The van der Waals surface area contributed by atoms with E-state index in [0.717, 1.165) is 49.9 Å². The summed E-state index contributed by atoms with van der Waals surface area (Å²) in [5, 5.41) is 4.22. The van der Waals surface area contributed by atoms with Crippen molar-refractivity contribution in [3.05, 3.63) is 11.7 Å². The molecule has 2 saturated heterocycles. The lowest BCUT2D eigenvalue weighted by molar-refractivity contribution is -0.135. The molecule has 1 aromatic heterocycles. The second-order valence-electron chi connectivity index (χ2n) is 8.80. The number of nitrogens with zero attached hydrogens (tertiary/aromatic N) is 4. The van der Waals surface area contributed by atoms with Crippen molar-refractivity contribution in [3.63, 3.8) is 0 Å². The fourth-order valence-electron chi connectivity index (χ4n) is 5.21. The minimum Gasteiger partial charge on any atom is -0.345 e. The highest BCUT2D eigenvalue weighted by molar-refractivity contribution is 5.89. The van der Waals surface area contributed by atoms with E-state index in [1.165, 1.54) is 12.8 Å².